The van der Waals surface area contributed by atoms with Crippen molar-refractivity contribution in [3.8, 4) is 0 Å². The number of methoxy groups -OCH3 is 1. The number of hydrogen-bond acceptors (Lipinski definition) is 3. The van der Waals surface area contributed by atoms with Crippen molar-refractivity contribution in [1.29, 1.82) is 0 Å². The van der Waals surface area contributed by atoms with E-state index in [2.05, 4.69) is 0 Å². The van der Waals surface area contributed by atoms with Crippen molar-refractivity contribution in [2.24, 2.45) is 0 Å². The lowest BCUT2D eigenvalue weighted by Gasteiger charge is -2.00. The summed E-state index contributed by atoms with van der Waals surface area (Å²) in [6, 6.07) is 7.44. The molecule has 0 amide bonds. The van der Waals surface area contributed by atoms with E-state index in [1.807, 2.05) is 24.3 Å². The Hall–Kier alpha value is -0.510. The van der Waals surface area contributed by atoms with Crippen molar-refractivity contribution < 1.29 is 9.53 Å². The molecule has 14 heavy (non-hydrogen) atoms. The molecule has 0 aromatic heterocycles. The zero-order valence-corrected chi connectivity index (χ0v) is 9.40. The number of rotatable bonds is 5. The highest BCUT2D eigenvalue weighted by atomic mass is 35.5. The van der Waals surface area contributed by atoms with Crippen molar-refractivity contribution in [1.82, 2.24) is 0 Å². The van der Waals surface area contributed by atoms with Gasteiger partial charge in [0.1, 0.15) is 6.61 Å². The van der Waals surface area contributed by atoms with Crippen LogP contribution in [-0.4, -0.2) is 25.3 Å². The third kappa shape index (κ3) is 4.13. The van der Waals surface area contributed by atoms with E-state index in [4.69, 9.17) is 16.3 Å². The van der Waals surface area contributed by atoms with Gasteiger partial charge < -0.3 is 4.74 Å². The Balaban J connectivity index is 2.41. The second-order valence-corrected chi connectivity index (χ2v) is 4.20. The fourth-order valence-corrected chi connectivity index (χ4v) is 1.97. The van der Waals surface area contributed by atoms with Gasteiger partial charge in [-0.3, -0.25) is 4.79 Å². The first-order valence-corrected chi connectivity index (χ1v) is 5.47. The molecule has 4 heteroatoms. The maximum Gasteiger partial charge on any atom is 0.168 e. The second kappa shape index (κ2) is 6.06. The number of benzene rings is 1. The van der Waals surface area contributed by atoms with Gasteiger partial charge in [-0.05, 0) is 18.2 Å². The first-order chi connectivity index (χ1) is 6.72. The summed E-state index contributed by atoms with van der Waals surface area (Å²) in [6.45, 7) is 0.174. The van der Waals surface area contributed by atoms with Crippen molar-refractivity contribution in [3.63, 3.8) is 0 Å². The predicted molar refractivity (Wildman–Crippen MR) is 59.1 cm³/mol. The molecule has 0 spiro atoms. The molecule has 0 saturated heterocycles. The Labute approximate surface area is 92.6 Å². The molecule has 0 bridgehead atoms. The van der Waals surface area contributed by atoms with E-state index in [0.717, 1.165) is 4.90 Å². The van der Waals surface area contributed by atoms with E-state index in [-0.39, 0.29) is 12.4 Å². The summed E-state index contributed by atoms with van der Waals surface area (Å²) in [4.78, 5) is 12.1. The largest absolute Gasteiger partial charge is 0.377 e. The monoisotopic (exact) mass is 230 g/mol. The van der Waals surface area contributed by atoms with Gasteiger partial charge >= 0.3 is 0 Å². The average molecular weight is 231 g/mol. The van der Waals surface area contributed by atoms with E-state index in [1.165, 1.54) is 18.9 Å². The highest BCUT2D eigenvalue weighted by Crippen LogP contribution is 2.21. The van der Waals surface area contributed by atoms with Gasteiger partial charge in [0, 0.05) is 17.0 Å². The van der Waals surface area contributed by atoms with Crippen molar-refractivity contribution in [2.45, 2.75) is 4.90 Å². The molecular formula is C10H11ClO2S. The van der Waals surface area contributed by atoms with E-state index in [0.29, 0.717) is 10.8 Å². The number of carbonyl (C=O) groups excluding carboxylic acids is 1. The Morgan fingerprint density at radius 1 is 1.57 bits per heavy atom. The van der Waals surface area contributed by atoms with Gasteiger partial charge in [-0.2, -0.15) is 0 Å². The number of thioether (sulfide) groups is 1. The van der Waals surface area contributed by atoms with Gasteiger partial charge in [-0.1, -0.05) is 17.7 Å². The van der Waals surface area contributed by atoms with Crippen LogP contribution in [0.25, 0.3) is 0 Å². The highest BCUT2D eigenvalue weighted by Gasteiger charge is 2.02. The molecule has 0 heterocycles. The van der Waals surface area contributed by atoms with Crippen LogP contribution >= 0.6 is 23.4 Å². The van der Waals surface area contributed by atoms with Crippen LogP contribution in [0.5, 0.6) is 0 Å². The second-order valence-electron chi connectivity index (χ2n) is 2.72. The Kier molecular flexibility index (Phi) is 5.01. The standard InChI is InChI=1S/C10H11ClO2S/c1-13-6-9(12)7-14-10-4-2-3-8(11)5-10/h2-5H,6-7H2,1H3. The minimum atomic E-state index is 0.0810. The van der Waals surface area contributed by atoms with Gasteiger partial charge in [-0.25, -0.2) is 0 Å². The Morgan fingerprint density at radius 3 is 3.00 bits per heavy atom. The average Bonchev–Trinajstić information content (AvgIpc) is 2.15. The lowest BCUT2D eigenvalue weighted by atomic mass is 10.4. The summed E-state index contributed by atoms with van der Waals surface area (Å²) in [5.41, 5.74) is 0. The third-order valence-corrected chi connectivity index (χ3v) is 2.79. The summed E-state index contributed by atoms with van der Waals surface area (Å²) >= 11 is 7.27. The SMILES string of the molecule is COCC(=O)CSc1cccc(Cl)c1. The molecule has 1 rings (SSSR count). The number of ketones is 1. The van der Waals surface area contributed by atoms with E-state index in [9.17, 15) is 4.79 Å². The smallest absolute Gasteiger partial charge is 0.168 e. The first kappa shape index (κ1) is 11.6. The maximum absolute atomic E-state index is 11.1. The molecule has 1 aromatic rings. The lowest BCUT2D eigenvalue weighted by Crippen LogP contribution is -2.08. The molecule has 76 valence electrons. The Morgan fingerprint density at radius 2 is 2.36 bits per heavy atom. The molecule has 2 nitrogen and oxygen atoms in total. The Bertz CT molecular complexity index is 315. The number of hydrogen-bond donors (Lipinski definition) is 0. The predicted octanol–water partition coefficient (Wildman–Crippen LogP) is 2.65. The summed E-state index contributed by atoms with van der Waals surface area (Å²) < 4.78 is 4.73. The summed E-state index contributed by atoms with van der Waals surface area (Å²) in [6.07, 6.45) is 0. The number of ether oxygens (including phenoxy) is 1. The minimum Gasteiger partial charge on any atom is -0.377 e. The molecule has 0 atom stereocenters. The molecule has 0 unspecified atom stereocenters. The van der Waals surface area contributed by atoms with Gasteiger partial charge in [0.25, 0.3) is 0 Å². The maximum atomic E-state index is 11.1. The van der Waals surface area contributed by atoms with Crippen molar-refractivity contribution in [3.05, 3.63) is 29.3 Å². The molecule has 0 aliphatic rings. The van der Waals surface area contributed by atoms with Crippen LogP contribution in [0.3, 0.4) is 0 Å². The van der Waals surface area contributed by atoms with Crippen LogP contribution in [0.1, 0.15) is 0 Å². The van der Waals surface area contributed by atoms with Crippen LogP contribution in [0.4, 0.5) is 0 Å². The lowest BCUT2D eigenvalue weighted by molar-refractivity contribution is -0.120. The zero-order valence-electron chi connectivity index (χ0n) is 7.83. The van der Waals surface area contributed by atoms with Gasteiger partial charge in [0.2, 0.25) is 0 Å². The molecule has 0 fully saturated rings. The number of Topliss-reactive ketones (excluding diaryl/α,β-unsaturated/α-hetero) is 1. The van der Waals surface area contributed by atoms with Crippen LogP contribution < -0.4 is 0 Å². The summed E-state index contributed by atoms with van der Waals surface area (Å²) in [5.74, 6) is 0.506. The van der Waals surface area contributed by atoms with Crippen LogP contribution in [0.15, 0.2) is 29.2 Å². The molecule has 0 aliphatic carbocycles. The van der Waals surface area contributed by atoms with Crippen LogP contribution in [0, 0.1) is 0 Å². The van der Waals surface area contributed by atoms with Crippen molar-refractivity contribution >= 4 is 29.1 Å². The molecular weight excluding hydrogens is 220 g/mol. The van der Waals surface area contributed by atoms with Crippen LogP contribution in [-0.2, 0) is 9.53 Å². The number of halogens is 1. The zero-order chi connectivity index (χ0) is 10.4. The highest BCUT2D eigenvalue weighted by molar-refractivity contribution is 8.00. The molecule has 1 aromatic carbocycles. The van der Waals surface area contributed by atoms with Crippen LogP contribution in [0.2, 0.25) is 5.02 Å². The van der Waals surface area contributed by atoms with Crippen molar-refractivity contribution in [2.75, 3.05) is 19.5 Å². The van der Waals surface area contributed by atoms with E-state index in [1.54, 1.807) is 0 Å². The molecule has 0 saturated carbocycles. The molecule has 0 N–H and O–H groups in total. The van der Waals surface area contributed by atoms with E-state index < -0.39 is 0 Å². The summed E-state index contributed by atoms with van der Waals surface area (Å²) in [7, 11) is 1.52. The van der Waals surface area contributed by atoms with E-state index >= 15 is 0 Å². The normalized spacial score (nSPS) is 10.1. The van der Waals surface area contributed by atoms with Gasteiger partial charge in [0.15, 0.2) is 5.78 Å². The minimum absolute atomic E-state index is 0.0810. The fraction of sp³-hybridized carbons (Fsp3) is 0.300. The fourth-order valence-electron chi connectivity index (χ4n) is 0.923. The quantitative estimate of drug-likeness (QED) is 0.728. The summed E-state index contributed by atoms with van der Waals surface area (Å²) in [5, 5.41) is 0.689. The topological polar surface area (TPSA) is 26.3 Å². The third-order valence-electron chi connectivity index (χ3n) is 1.50. The number of carbonyl (C=O) groups is 1. The first-order valence-electron chi connectivity index (χ1n) is 4.11. The molecule has 0 radical (unpaired) electrons. The van der Waals surface area contributed by atoms with Gasteiger partial charge in [-0.15, -0.1) is 11.8 Å². The molecule has 0 aliphatic heterocycles. The van der Waals surface area contributed by atoms with Gasteiger partial charge in [0.05, 0.1) is 5.75 Å².